The average Bonchev–Trinajstić information content (AvgIpc) is 2.61. The highest BCUT2D eigenvalue weighted by Gasteiger charge is 2.29. The molecule has 0 saturated heterocycles. The minimum atomic E-state index is -0.187. The third-order valence-electron chi connectivity index (χ3n) is 6.07. The third-order valence-corrected chi connectivity index (χ3v) is 6.07. The van der Waals surface area contributed by atoms with Crippen molar-refractivity contribution < 1.29 is 10.2 Å². The van der Waals surface area contributed by atoms with E-state index in [9.17, 15) is 10.2 Å². The second-order valence-corrected chi connectivity index (χ2v) is 8.83. The Morgan fingerprint density at radius 3 is 1.32 bits per heavy atom. The Bertz CT molecular complexity index is 934. The lowest BCUT2D eigenvalue weighted by Gasteiger charge is -2.32. The summed E-state index contributed by atoms with van der Waals surface area (Å²) >= 11 is 0. The molecule has 2 heteroatoms. The first-order chi connectivity index (χ1) is 13.0. The number of hydrogen-bond donors (Lipinski definition) is 2. The Morgan fingerprint density at radius 2 is 0.964 bits per heavy atom. The van der Waals surface area contributed by atoms with Gasteiger partial charge in [-0.25, -0.2) is 0 Å². The molecule has 0 aliphatic carbocycles. The Kier molecular flexibility index (Phi) is 5.01. The van der Waals surface area contributed by atoms with Crippen LogP contribution in [0.3, 0.4) is 0 Å². The van der Waals surface area contributed by atoms with Gasteiger partial charge in [0.25, 0.3) is 0 Å². The zero-order valence-corrected chi connectivity index (χ0v) is 17.7. The topological polar surface area (TPSA) is 40.5 Å². The number of phenols is 2. The van der Waals surface area contributed by atoms with Crippen LogP contribution in [-0.4, -0.2) is 10.2 Å². The van der Waals surface area contributed by atoms with Gasteiger partial charge in [-0.05, 0) is 71.5 Å². The lowest BCUT2D eigenvalue weighted by Crippen LogP contribution is -2.24. The molecule has 0 saturated carbocycles. The van der Waals surface area contributed by atoms with Crippen LogP contribution in [0, 0.1) is 13.8 Å². The Balaban J connectivity index is 2.08. The van der Waals surface area contributed by atoms with E-state index in [2.05, 4.69) is 52.0 Å². The fraction of sp³-hybridized carbons (Fsp3) is 0.308. The zero-order chi connectivity index (χ0) is 20.7. The van der Waals surface area contributed by atoms with Crippen molar-refractivity contribution in [2.24, 2.45) is 0 Å². The van der Waals surface area contributed by atoms with Crippen LogP contribution < -0.4 is 0 Å². The molecule has 0 heterocycles. The summed E-state index contributed by atoms with van der Waals surface area (Å²) in [7, 11) is 0. The van der Waals surface area contributed by atoms with Gasteiger partial charge in [0.05, 0.1) is 0 Å². The van der Waals surface area contributed by atoms with Gasteiger partial charge in [0, 0.05) is 10.8 Å². The number of aromatic hydroxyl groups is 2. The summed E-state index contributed by atoms with van der Waals surface area (Å²) < 4.78 is 0. The summed E-state index contributed by atoms with van der Waals surface area (Å²) in [4.78, 5) is 0. The summed E-state index contributed by atoms with van der Waals surface area (Å²) in [6, 6.07) is 20.0. The first kappa shape index (κ1) is 20.0. The van der Waals surface area contributed by atoms with Crippen molar-refractivity contribution in [2.45, 2.75) is 52.4 Å². The largest absolute Gasteiger partial charge is 0.508 e. The van der Waals surface area contributed by atoms with Gasteiger partial charge in [0.2, 0.25) is 0 Å². The average molecular weight is 375 g/mol. The fourth-order valence-electron chi connectivity index (χ4n) is 4.31. The maximum absolute atomic E-state index is 9.78. The number of rotatable bonds is 4. The summed E-state index contributed by atoms with van der Waals surface area (Å²) in [6.07, 6.45) is 0. The van der Waals surface area contributed by atoms with Crippen LogP contribution in [0.15, 0.2) is 60.7 Å². The molecular formula is C26H30O2. The molecule has 146 valence electrons. The first-order valence-electron chi connectivity index (χ1n) is 9.74. The molecule has 0 amide bonds. The van der Waals surface area contributed by atoms with E-state index in [1.807, 2.05) is 38.1 Å². The van der Waals surface area contributed by atoms with E-state index in [4.69, 9.17) is 0 Å². The van der Waals surface area contributed by atoms with Crippen molar-refractivity contribution in [2.75, 3.05) is 0 Å². The van der Waals surface area contributed by atoms with Gasteiger partial charge in [0.15, 0.2) is 0 Å². The Labute approximate surface area is 168 Å². The van der Waals surface area contributed by atoms with Gasteiger partial charge in [-0.1, -0.05) is 64.1 Å². The summed E-state index contributed by atoms with van der Waals surface area (Å²) in [5.41, 5.74) is 6.70. The van der Waals surface area contributed by atoms with Crippen LogP contribution >= 0.6 is 0 Å². The molecule has 3 rings (SSSR count). The third kappa shape index (κ3) is 3.52. The van der Waals surface area contributed by atoms with E-state index in [0.717, 1.165) is 11.1 Å². The normalized spacial score (nSPS) is 12.2. The summed E-state index contributed by atoms with van der Waals surface area (Å²) in [5.74, 6) is 0.601. The zero-order valence-electron chi connectivity index (χ0n) is 17.7. The van der Waals surface area contributed by atoms with Gasteiger partial charge in [-0.15, -0.1) is 0 Å². The maximum Gasteiger partial charge on any atom is 0.115 e. The SMILES string of the molecule is Cc1cc(O)ccc1C(C)(C)c1cccc(C(C)(C)c2ccc(O)cc2C)c1. The maximum atomic E-state index is 9.78. The summed E-state index contributed by atoms with van der Waals surface area (Å²) in [6.45, 7) is 13.0. The van der Waals surface area contributed by atoms with Crippen molar-refractivity contribution >= 4 is 0 Å². The predicted molar refractivity (Wildman–Crippen MR) is 116 cm³/mol. The van der Waals surface area contributed by atoms with E-state index >= 15 is 0 Å². The lowest BCUT2D eigenvalue weighted by molar-refractivity contribution is 0.473. The smallest absolute Gasteiger partial charge is 0.115 e. The molecule has 28 heavy (non-hydrogen) atoms. The van der Waals surface area contributed by atoms with E-state index in [-0.39, 0.29) is 10.8 Å². The molecule has 3 aromatic carbocycles. The van der Waals surface area contributed by atoms with Crippen LogP contribution in [0.25, 0.3) is 0 Å². The standard InChI is InChI=1S/C26H30O2/c1-17-14-21(27)10-12-23(17)25(3,4)19-8-7-9-20(16-19)26(5,6)24-13-11-22(28)15-18(24)2/h7-16,27-28H,1-6H3. The molecule has 0 spiro atoms. The van der Waals surface area contributed by atoms with Crippen molar-refractivity contribution in [1.82, 2.24) is 0 Å². The van der Waals surface area contributed by atoms with Crippen LogP contribution in [0.5, 0.6) is 11.5 Å². The van der Waals surface area contributed by atoms with Crippen molar-refractivity contribution in [3.63, 3.8) is 0 Å². The second kappa shape index (κ2) is 7.01. The Hall–Kier alpha value is -2.74. The quantitative estimate of drug-likeness (QED) is 0.557. The molecule has 0 aliphatic heterocycles. The van der Waals surface area contributed by atoms with E-state index in [0.29, 0.717) is 11.5 Å². The molecule has 0 unspecified atom stereocenters. The lowest BCUT2D eigenvalue weighted by atomic mass is 9.72. The number of hydrogen-bond acceptors (Lipinski definition) is 2. The van der Waals surface area contributed by atoms with Gasteiger partial charge >= 0.3 is 0 Å². The number of phenolic OH excluding ortho intramolecular Hbond substituents is 2. The molecule has 0 bridgehead atoms. The molecule has 0 radical (unpaired) electrons. The van der Waals surface area contributed by atoms with E-state index < -0.39 is 0 Å². The molecule has 3 aromatic rings. The predicted octanol–water partition coefficient (Wildman–Crippen LogP) is 6.37. The highest BCUT2D eigenvalue weighted by molar-refractivity contribution is 5.49. The van der Waals surface area contributed by atoms with E-state index in [1.54, 1.807) is 12.1 Å². The molecule has 2 nitrogen and oxygen atoms in total. The van der Waals surface area contributed by atoms with Gasteiger partial charge in [-0.2, -0.15) is 0 Å². The highest BCUT2D eigenvalue weighted by Crippen LogP contribution is 2.39. The molecule has 0 fully saturated rings. The van der Waals surface area contributed by atoms with Gasteiger partial charge in [-0.3, -0.25) is 0 Å². The van der Waals surface area contributed by atoms with E-state index in [1.165, 1.54) is 22.3 Å². The number of benzene rings is 3. The second-order valence-electron chi connectivity index (χ2n) is 8.83. The summed E-state index contributed by atoms with van der Waals surface area (Å²) in [5, 5.41) is 19.6. The minimum Gasteiger partial charge on any atom is -0.508 e. The molecular weight excluding hydrogens is 344 g/mol. The molecule has 0 aliphatic rings. The minimum absolute atomic E-state index is 0.187. The van der Waals surface area contributed by atoms with Crippen LogP contribution in [0.2, 0.25) is 0 Å². The van der Waals surface area contributed by atoms with Gasteiger partial charge < -0.3 is 10.2 Å². The van der Waals surface area contributed by atoms with Crippen molar-refractivity contribution in [3.8, 4) is 11.5 Å². The van der Waals surface area contributed by atoms with Gasteiger partial charge in [0.1, 0.15) is 11.5 Å². The molecule has 2 N–H and O–H groups in total. The van der Waals surface area contributed by atoms with Crippen molar-refractivity contribution in [3.05, 3.63) is 94.0 Å². The van der Waals surface area contributed by atoms with Crippen molar-refractivity contribution in [1.29, 1.82) is 0 Å². The fourth-order valence-corrected chi connectivity index (χ4v) is 4.31. The van der Waals surface area contributed by atoms with Crippen LogP contribution in [0.1, 0.15) is 61.1 Å². The van der Waals surface area contributed by atoms with Crippen LogP contribution in [-0.2, 0) is 10.8 Å². The number of aryl methyl sites for hydroxylation is 2. The highest BCUT2D eigenvalue weighted by atomic mass is 16.3. The van der Waals surface area contributed by atoms with Crippen LogP contribution in [0.4, 0.5) is 0 Å². The monoisotopic (exact) mass is 374 g/mol. The Morgan fingerprint density at radius 1 is 0.571 bits per heavy atom. The first-order valence-corrected chi connectivity index (χ1v) is 9.74. The molecule has 0 atom stereocenters. The molecule has 0 aromatic heterocycles.